The first kappa shape index (κ1) is 22.6. The number of nitro benzene ring substituents is 1. The summed E-state index contributed by atoms with van der Waals surface area (Å²) in [6.45, 7) is 3.85. The molecule has 35 heavy (non-hydrogen) atoms. The number of nitrogens with one attached hydrogen (secondary N) is 1. The molecule has 0 fully saturated rings. The van der Waals surface area contributed by atoms with Gasteiger partial charge in [0.2, 0.25) is 5.91 Å². The fourth-order valence-corrected chi connectivity index (χ4v) is 5.60. The van der Waals surface area contributed by atoms with Crippen LogP contribution in [0.3, 0.4) is 0 Å². The lowest BCUT2D eigenvalue weighted by Gasteiger charge is -2.46. The molecule has 2 heterocycles. The van der Waals surface area contributed by atoms with Gasteiger partial charge in [0.05, 0.1) is 16.2 Å². The van der Waals surface area contributed by atoms with Crippen LogP contribution in [0.15, 0.2) is 65.1 Å². The highest BCUT2D eigenvalue weighted by Gasteiger charge is 2.61. The number of nitriles is 1. The van der Waals surface area contributed by atoms with E-state index < -0.39 is 21.7 Å². The molecule has 0 saturated carbocycles. The zero-order valence-electron chi connectivity index (χ0n) is 18.9. The van der Waals surface area contributed by atoms with Gasteiger partial charge in [-0.15, -0.1) is 0 Å². The first-order valence-corrected chi connectivity index (χ1v) is 11.2. The van der Waals surface area contributed by atoms with E-state index in [0.717, 1.165) is 0 Å². The molecule has 1 spiro atoms. The number of hydrogen-bond acceptors (Lipinski definition) is 7. The van der Waals surface area contributed by atoms with Gasteiger partial charge >= 0.3 is 0 Å². The van der Waals surface area contributed by atoms with Crippen LogP contribution in [0.4, 0.5) is 17.1 Å². The van der Waals surface area contributed by atoms with Crippen molar-refractivity contribution < 1.29 is 14.5 Å². The van der Waals surface area contributed by atoms with Gasteiger partial charge in [-0.3, -0.25) is 24.6 Å². The molecular weight excluding hydrogens is 470 g/mol. The van der Waals surface area contributed by atoms with Gasteiger partial charge in [-0.05, 0) is 36.1 Å². The summed E-state index contributed by atoms with van der Waals surface area (Å²) in [5, 5.41) is 24.9. The molecule has 5 rings (SSSR count). The SMILES string of the molecule is CC1(C)CC(=O)C2=C(C1)N(c1cccc([N+](=O)[O-])c1)C(N)=C(C#N)C21C(=O)Nc2ccc(Cl)cc21. The van der Waals surface area contributed by atoms with Crippen LogP contribution in [-0.4, -0.2) is 16.6 Å². The number of ketones is 1. The summed E-state index contributed by atoms with van der Waals surface area (Å²) in [6, 6.07) is 12.7. The lowest BCUT2D eigenvalue weighted by Crippen LogP contribution is -2.52. The van der Waals surface area contributed by atoms with Crippen molar-refractivity contribution in [3.63, 3.8) is 0 Å². The lowest BCUT2D eigenvalue weighted by molar-refractivity contribution is -0.384. The molecule has 2 aromatic carbocycles. The van der Waals surface area contributed by atoms with E-state index in [9.17, 15) is 25.0 Å². The molecule has 10 heteroatoms. The molecule has 1 aliphatic carbocycles. The van der Waals surface area contributed by atoms with Gasteiger partial charge < -0.3 is 11.1 Å². The normalized spacial score (nSPS) is 22.6. The Kier molecular flexibility index (Phi) is 4.80. The summed E-state index contributed by atoms with van der Waals surface area (Å²) in [5.41, 5.74) is 5.78. The Morgan fingerprint density at radius 1 is 1.20 bits per heavy atom. The predicted molar refractivity (Wildman–Crippen MR) is 129 cm³/mol. The number of carbonyl (C=O) groups is 2. The number of amides is 1. The summed E-state index contributed by atoms with van der Waals surface area (Å²) in [4.78, 5) is 39.9. The number of anilines is 2. The Balaban J connectivity index is 1.90. The summed E-state index contributed by atoms with van der Waals surface area (Å²) in [6.07, 6.45) is 0.499. The number of benzene rings is 2. The molecular formula is C25H20ClN5O4. The third kappa shape index (κ3) is 3.07. The number of nitrogens with two attached hydrogens (primary N) is 1. The minimum atomic E-state index is -1.76. The zero-order valence-corrected chi connectivity index (χ0v) is 19.6. The van der Waals surface area contributed by atoms with Gasteiger partial charge in [0, 0.05) is 46.1 Å². The Morgan fingerprint density at radius 3 is 2.63 bits per heavy atom. The maximum absolute atomic E-state index is 13.8. The number of fused-ring (bicyclic) bond motifs is 3. The van der Waals surface area contributed by atoms with Crippen molar-refractivity contribution in [3.05, 3.63) is 85.8 Å². The topological polar surface area (TPSA) is 142 Å². The zero-order chi connectivity index (χ0) is 25.3. The molecule has 9 nitrogen and oxygen atoms in total. The minimum Gasteiger partial charge on any atom is -0.384 e. The summed E-state index contributed by atoms with van der Waals surface area (Å²) < 4.78 is 0. The van der Waals surface area contributed by atoms with E-state index in [4.69, 9.17) is 17.3 Å². The number of non-ortho nitro benzene ring substituents is 1. The summed E-state index contributed by atoms with van der Waals surface area (Å²) in [5.74, 6) is -0.927. The number of hydrogen-bond donors (Lipinski definition) is 2. The number of nitro groups is 1. The van der Waals surface area contributed by atoms with Crippen LogP contribution < -0.4 is 16.0 Å². The van der Waals surface area contributed by atoms with Crippen molar-refractivity contribution in [3.8, 4) is 6.07 Å². The average molecular weight is 490 g/mol. The molecule has 2 aromatic rings. The Bertz CT molecular complexity index is 1470. The van der Waals surface area contributed by atoms with Crippen LogP contribution in [0.5, 0.6) is 0 Å². The quantitative estimate of drug-likeness (QED) is 0.473. The van der Waals surface area contributed by atoms with Crippen LogP contribution >= 0.6 is 11.6 Å². The van der Waals surface area contributed by atoms with E-state index in [1.165, 1.54) is 23.1 Å². The third-order valence-electron chi connectivity index (χ3n) is 6.75. The molecule has 1 amide bonds. The number of carbonyl (C=O) groups excluding carboxylic acids is 2. The van der Waals surface area contributed by atoms with Crippen molar-refractivity contribution in [2.45, 2.75) is 32.1 Å². The molecule has 2 aliphatic heterocycles. The Hall–Kier alpha value is -4.16. The third-order valence-corrected chi connectivity index (χ3v) is 6.99. The number of rotatable bonds is 2. The molecule has 0 bridgehead atoms. The van der Waals surface area contributed by atoms with E-state index in [-0.39, 0.29) is 34.9 Å². The average Bonchev–Trinajstić information content (AvgIpc) is 3.05. The van der Waals surface area contributed by atoms with E-state index in [2.05, 4.69) is 11.4 Å². The van der Waals surface area contributed by atoms with Crippen LogP contribution in [0.2, 0.25) is 5.02 Å². The maximum atomic E-state index is 13.8. The van der Waals surface area contributed by atoms with Gasteiger partial charge in [0.15, 0.2) is 5.78 Å². The summed E-state index contributed by atoms with van der Waals surface area (Å²) >= 11 is 6.28. The second kappa shape index (κ2) is 7.42. The molecule has 1 unspecified atom stereocenters. The molecule has 0 aromatic heterocycles. The Labute approximate surface area is 205 Å². The Morgan fingerprint density at radius 2 is 1.94 bits per heavy atom. The van der Waals surface area contributed by atoms with Crippen molar-refractivity contribution >= 4 is 40.4 Å². The van der Waals surface area contributed by atoms with Crippen molar-refractivity contribution in [2.75, 3.05) is 10.2 Å². The van der Waals surface area contributed by atoms with Gasteiger partial charge in [-0.1, -0.05) is 31.5 Å². The van der Waals surface area contributed by atoms with Gasteiger partial charge in [-0.2, -0.15) is 5.26 Å². The molecule has 1 atom stereocenters. The first-order chi connectivity index (χ1) is 16.5. The molecule has 0 radical (unpaired) electrons. The van der Waals surface area contributed by atoms with Crippen LogP contribution in [-0.2, 0) is 15.0 Å². The monoisotopic (exact) mass is 489 g/mol. The number of allylic oxidation sites excluding steroid dienone is 1. The summed E-state index contributed by atoms with van der Waals surface area (Å²) in [7, 11) is 0. The number of Topliss-reactive ketones (excluding diaryl/α,β-unsaturated/α-hetero) is 1. The van der Waals surface area contributed by atoms with Gasteiger partial charge in [0.1, 0.15) is 17.3 Å². The fourth-order valence-electron chi connectivity index (χ4n) is 5.43. The molecule has 0 saturated heterocycles. The van der Waals surface area contributed by atoms with Gasteiger partial charge in [0.25, 0.3) is 5.69 Å². The predicted octanol–water partition coefficient (Wildman–Crippen LogP) is 4.30. The van der Waals surface area contributed by atoms with Crippen molar-refractivity contribution in [2.24, 2.45) is 11.1 Å². The van der Waals surface area contributed by atoms with Crippen molar-refractivity contribution in [1.29, 1.82) is 5.26 Å². The molecule has 176 valence electrons. The molecule has 3 aliphatic rings. The lowest BCUT2D eigenvalue weighted by atomic mass is 9.61. The fraction of sp³-hybridized carbons (Fsp3) is 0.240. The second-order valence-corrected chi connectivity index (χ2v) is 10.1. The number of nitrogens with zero attached hydrogens (tertiary/aromatic N) is 3. The highest BCUT2D eigenvalue weighted by molar-refractivity contribution is 6.31. The minimum absolute atomic E-state index is 0.0692. The highest BCUT2D eigenvalue weighted by Crippen LogP contribution is 2.57. The van der Waals surface area contributed by atoms with Crippen LogP contribution in [0.1, 0.15) is 32.3 Å². The van der Waals surface area contributed by atoms with E-state index in [1.807, 2.05) is 13.8 Å². The standard InChI is InChI=1S/C25H20ClN5O4/c1-24(2)10-19-21(20(32)11-24)25(16-8-13(26)6-7-18(16)29-23(25)33)17(12-27)22(28)30(19)14-4-3-5-15(9-14)31(34)35/h3-9H,10-11,28H2,1-2H3,(H,29,33). The number of halogens is 1. The van der Waals surface area contributed by atoms with E-state index in [0.29, 0.717) is 34.1 Å². The van der Waals surface area contributed by atoms with Crippen LogP contribution in [0, 0.1) is 26.9 Å². The smallest absolute Gasteiger partial charge is 0.271 e. The van der Waals surface area contributed by atoms with Crippen molar-refractivity contribution in [1.82, 2.24) is 0 Å². The van der Waals surface area contributed by atoms with Gasteiger partial charge in [-0.25, -0.2) is 0 Å². The highest BCUT2D eigenvalue weighted by atomic mass is 35.5. The maximum Gasteiger partial charge on any atom is 0.271 e. The largest absolute Gasteiger partial charge is 0.384 e. The van der Waals surface area contributed by atoms with E-state index >= 15 is 0 Å². The first-order valence-electron chi connectivity index (χ1n) is 10.8. The van der Waals surface area contributed by atoms with E-state index in [1.54, 1.807) is 24.3 Å². The molecule has 3 N–H and O–H groups in total. The second-order valence-electron chi connectivity index (χ2n) is 9.64. The van der Waals surface area contributed by atoms with Crippen LogP contribution in [0.25, 0.3) is 0 Å².